The lowest BCUT2D eigenvalue weighted by molar-refractivity contribution is 0.194. The quantitative estimate of drug-likeness (QED) is 0.537. The average molecular weight is 204 g/mol. The maximum atomic E-state index is 4.90. The Kier molecular flexibility index (Phi) is 8.40. The Morgan fingerprint density at radius 2 is 1.40 bits per heavy atom. The Balaban J connectivity index is 0.000000265. The van der Waals surface area contributed by atoms with E-state index in [0.717, 1.165) is 0 Å². The van der Waals surface area contributed by atoms with Crippen LogP contribution in [0.15, 0.2) is 49.6 Å². The molecular weight excluding hydrogens is 184 g/mol. The summed E-state index contributed by atoms with van der Waals surface area (Å²) < 4.78 is 4.90. The number of hydrogen-bond acceptors (Lipinski definition) is 1. The Bertz CT molecular complexity index is 260. The van der Waals surface area contributed by atoms with Crippen molar-refractivity contribution in [1.29, 1.82) is 0 Å². The van der Waals surface area contributed by atoms with Gasteiger partial charge in [-0.05, 0) is 25.0 Å². The van der Waals surface area contributed by atoms with Crippen LogP contribution in [-0.4, -0.2) is 13.2 Å². The van der Waals surface area contributed by atoms with E-state index >= 15 is 0 Å². The van der Waals surface area contributed by atoms with E-state index in [1.165, 1.54) is 11.1 Å². The molecule has 82 valence electrons. The first-order valence-electron chi connectivity index (χ1n) is 5.04. The number of rotatable bonds is 4. The zero-order valence-electron chi connectivity index (χ0n) is 9.70. The molecule has 1 rings (SSSR count). The number of ether oxygens (including phenoxy) is 1. The molecule has 1 aromatic rings. The fraction of sp³-hybridized carbons (Fsp3) is 0.286. The summed E-state index contributed by atoms with van der Waals surface area (Å²) in [5.74, 6) is 0. The third-order valence-corrected chi connectivity index (χ3v) is 1.90. The highest BCUT2D eigenvalue weighted by Gasteiger charge is 1.83. The lowest BCUT2D eigenvalue weighted by Crippen LogP contribution is -1.87. The highest BCUT2D eigenvalue weighted by Crippen LogP contribution is 2.02. The van der Waals surface area contributed by atoms with Crippen LogP contribution >= 0.6 is 0 Å². The van der Waals surface area contributed by atoms with E-state index in [1.54, 1.807) is 12.2 Å². The summed E-state index contributed by atoms with van der Waals surface area (Å²) >= 11 is 0. The molecule has 0 aliphatic heterocycles. The Morgan fingerprint density at radius 1 is 1.00 bits per heavy atom. The van der Waals surface area contributed by atoms with E-state index in [1.807, 2.05) is 0 Å². The van der Waals surface area contributed by atoms with Gasteiger partial charge in [0.1, 0.15) is 0 Å². The van der Waals surface area contributed by atoms with Crippen LogP contribution in [-0.2, 0) is 4.74 Å². The van der Waals surface area contributed by atoms with Gasteiger partial charge in [-0.25, -0.2) is 0 Å². The fourth-order valence-electron chi connectivity index (χ4n) is 0.897. The predicted octanol–water partition coefficient (Wildman–Crippen LogP) is 3.68. The molecule has 0 heterocycles. The minimum atomic E-state index is 0.617. The molecular formula is C14H20O. The topological polar surface area (TPSA) is 9.23 Å². The van der Waals surface area contributed by atoms with Crippen molar-refractivity contribution in [2.24, 2.45) is 0 Å². The highest BCUT2D eigenvalue weighted by atomic mass is 16.5. The van der Waals surface area contributed by atoms with Crippen LogP contribution in [0.25, 0.3) is 0 Å². The first-order chi connectivity index (χ1) is 7.22. The van der Waals surface area contributed by atoms with Crippen molar-refractivity contribution < 1.29 is 4.74 Å². The van der Waals surface area contributed by atoms with E-state index in [-0.39, 0.29) is 0 Å². The second kappa shape index (κ2) is 9.22. The van der Waals surface area contributed by atoms with Gasteiger partial charge in [-0.3, -0.25) is 0 Å². The molecule has 0 aliphatic carbocycles. The first-order valence-corrected chi connectivity index (χ1v) is 5.04. The molecule has 0 bridgehead atoms. The first kappa shape index (κ1) is 13.7. The van der Waals surface area contributed by atoms with E-state index < -0.39 is 0 Å². The molecule has 0 atom stereocenters. The monoisotopic (exact) mass is 204 g/mol. The fourth-order valence-corrected chi connectivity index (χ4v) is 0.897. The van der Waals surface area contributed by atoms with Crippen molar-refractivity contribution in [2.45, 2.75) is 13.8 Å². The number of aryl methyl sites for hydroxylation is 2. The summed E-state index contributed by atoms with van der Waals surface area (Å²) in [6.45, 7) is 12.4. The van der Waals surface area contributed by atoms with Crippen molar-refractivity contribution >= 4 is 0 Å². The van der Waals surface area contributed by atoms with Crippen LogP contribution in [0.4, 0.5) is 0 Å². The Hall–Kier alpha value is -1.34. The van der Waals surface area contributed by atoms with Crippen LogP contribution in [0.3, 0.4) is 0 Å². The van der Waals surface area contributed by atoms with Crippen LogP contribution < -0.4 is 0 Å². The van der Waals surface area contributed by atoms with Crippen LogP contribution in [0.2, 0.25) is 0 Å². The van der Waals surface area contributed by atoms with Crippen molar-refractivity contribution in [2.75, 3.05) is 13.2 Å². The minimum Gasteiger partial charge on any atom is -0.373 e. The van der Waals surface area contributed by atoms with Crippen molar-refractivity contribution in [3.63, 3.8) is 0 Å². The van der Waals surface area contributed by atoms with E-state index in [9.17, 15) is 0 Å². The molecule has 0 saturated carbocycles. The van der Waals surface area contributed by atoms with Crippen molar-refractivity contribution in [3.8, 4) is 0 Å². The van der Waals surface area contributed by atoms with Crippen molar-refractivity contribution in [1.82, 2.24) is 0 Å². The van der Waals surface area contributed by atoms with E-state index in [0.29, 0.717) is 13.2 Å². The zero-order valence-corrected chi connectivity index (χ0v) is 9.70. The maximum absolute atomic E-state index is 4.90. The molecule has 15 heavy (non-hydrogen) atoms. The summed E-state index contributed by atoms with van der Waals surface area (Å²) in [6.07, 6.45) is 3.42. The third-order valence-electron chi connectivity index (χ3n) is 1.90. The van der Waals surface area contributed by atoms with Gasteiger partial charge in [0.15, 0.2) is 0 Å². The van der Waals surface area contributed by atoms with Crippen LogP contribution in [0.1, 0.15) is 11.1 Å². The summed E-state index contributed by atoms with van der Waals surface area (Å²) in [6, 6.07) is 8.36. The molecule has 1 aromatic carbocycles. The van der Waals surface area contributed by atoms with Gasteiger partial charge in [0.25, 0.3) is 0 Å². The lowest BCUT2D eigenvalue weighted by Gasteiger charge is -1.93. The molecule has 0 fully saturated rings. The van der Waals surface area contributed by atoms with E-state index in [2.05, 4.69) is 51.3 Å². The second-order valence-corrected chi connectivity index (χ2v) is 3.20. The van der Waals surface area contributed by atoms with Crippen molar-refractivity contribution in [3.05, 3.63) is 60.7 Å². The summed E-state index contributed by atoms with van der Waals surface area (Å²) in [4.78, 5) is 0. The molecule has 0 unspecified atom stereocenters. The minimum absolute atomic E-state index is 0.617. The van der Waals surface area contributed by atoms with E-state index in [4.69, 9.17) is 4.74 Å². The van der Waals surface area contributed by atoms with Gasteiger partial charge in [0.2, 0.25) is 0 Å². The summed E-state index contributed by atoms with van der Waals surface area (Å²) in [5.41, 5.74) is 2.74. The molecule has 0 amide bonds. The summed E-state index contributed by atoms with van der Waals surface area (Å²) in [5, 5.41) is 0. The standard InChI is InChI=1S/C8H10.C6H10O/c1-7-5-3-4-6-8(7)2;1-3-5-7-6-4-2/h3-6H,1-2H3;3-4H,1-2,5-6H2. The van der Waals surface area contributed by atoms with Gasteiger partial charge < -0.3 is 4.74 Å². The zero-order chi connectivity index (χ0) is 11.5. The normalized spacial score (nSPS) is 8.67. The third kappa shape index (κ3) is 7.71. The smallest absolute Gasteiger partial charge is 0.0649 e. The molecule has 1 nitrogen and oxygen atoms in total. The van der Waals surface area contributed by atoms with Gasteiger partial charge in [-0.2, -0.15) is 0 Å². The van der Waals surface area contributed by atoms with Gasteiger partial charge >= 0.3 is 0 Å². The second-order valence-electron chi connectivity index (χ2n) is 3.20. The van der Waals surface area contributed by atoms with Crippen LogP contribution in [0.5, 0.6) is 0 Å². The molecule has 0 aliphatic rings. The molecule has 0 N–H and O–H groups in total. The van der Waals surface area contributed by atoms with Crippen LogP contribution in [0, 0.1) is 13.8 Å². The molecule has 0 aromatic heterocycles. The van der Waals surface area contributed by atoms with Gasteiger partial charge in [-0.15, -0.1) is 13.2 Å². The average Bonchev–Trinajstić information content (AvgIpc) is 2.24. The Labute approximate surface area is 93.1 Å². The lowest BCUT2D eigenvalue weighted by atomic mass is 10.1. The molecule has 1 heteroatoms. The largest absolute Gasteiger partial charge is 0.373 e. The Morgan fingerprint density at radius 3 is 1.67 bits per heavy atom. The highest BCUT2D eigenvalue weighted by molar-refractivity contribution is 5.23. The SMILES string of the molecule is C=CCOCC=C.Cc1ccccc1C. The van der Waals surface area contributed by atoms with Gasteiger partial charge in [0.05, 0.1) is 13.2 Å². The number of hydrogen-bond donors (Lipinski definition) is 0. The maximum Gasteiger partial charge on any atom is 0.0649 e. The number of benzene rings is 1. The van der Waals surface area contributed by atoms with Gasteiger partial charge in [0, 0.05) is 0 Å². The molecule has 0 spiro atoms. The molecule has 0 radical (unpaired) electrons. The van der Waals surface area contributed by atoms with Gasteiger partial charge in [-0.1, -0.05) is 36.4 Å². The molecule has 0 saturated heterocycles. The predicted molar refractivity (Wildman–Crippen MR) is 67.1 cm³/mol. The summed E-state index contributed by atoms with van der Waals surface area (Å²) in [7, 11) is 0.